The molecule has 0 amide bonds. The summed E-state index contributed by atoms with van der Waals surface area (Å²) in [7, 11) is 0. The molecule has 0 unspecified atom stereocenters. The van der Waals surface area contributed by atoms with E-state index in [2.05, 4.69) is 39.1 Å². The van der Waals surface area contributed by atoms with Crippen LogP contribution < -0.4 is 5.73 Å². The fourth-order valence-corrected chi connectivity index (χ4v) is 2.83. The average Bonchev–Trinajstić information content (AvgIpc) is 2.83. The molecule has 120 valence electrons. The van der Waals surface area contributed by atoms with E-state index >= 15 is 0 Å². The van der Waals surface area contributed by atoms with Gasteiger partial charge in [-0.3, -0.25) is 14.9 Å². The Kier molecular flexibility index (Phi) is 7.23. The number of hydrogen-bond acceptors (Lipinski definition) is 4. The first-order valence-corrected chi connectivity index (χ1v) is 7.03. The molecule has 0 aliphatic carbocycles. The van der Waals surface area contributed by atoms with Gasteiger partial charge in [-0.15, -0.1) is 24.8 Å². The van der Waals surface area contributed by atoms with E-state index in [9.17, 15) is 0 Å². The molecular weight excluding hydrogens is 319 g/mol. The van der Waals surface area contributed by atoms with Gasteiger partial charge in [-0.2, -0.15) is 0 Å². The van der Waals surface area contributed by atoms with Gasteiger partial charge in [-0.25, -0.2) is 0 Å². The summed E-state index contributed by atoms with van der Waals surface area (Å²) in [4.78, 5) is 11.1. The van der Waals surface area contributed by atoms with Crippen molar-refractivity contribution in [3.8, 4) is 0 Å². The fraction of sp³-hybridized carbons (Fsp3) is 0.375. The van der Waals surface area contributed by atoms with Crippen molar-refractivity contribution in [2.75, 3.05) is 13.1 Å². The van der Waals surface area contributed by atoms with E-state index in [1.54, 1.807) is 0 Å². The van der Waals surface area contributed by atoms with E-state index in [4.69, 9.17) is 5.73 Å². The summed E-state index contributed by atoms with van der Waals surface area (Å²) in [5.41, 5.74) is 9.60. The lowest BCUT2D eigenvalue weighted by atomic mass is 9.95. The average molecular weight is 341 g/mol. The van der Waals surface area contributed by atoms with Gasteiger partial charge in [0, 0.05) is 44.0 Å². The topological polar surface area (TPSA) is 55.0 Å². The molecule has 1 fully saturated rings. The number of benzene rings is 1. The minimum atomic E-state index is 0. The van der Waals surface area contributed by atoms with Crippen LogP contribution >= 0.6 is 24.8 Å². The first-order chi connectivity index (χ1) is 9.72. The summed E-state index contributed by atoms with van der Waals surface area (Å²) in [6, 6.07) is 10.7. The molecule has 0 bridgehead atoms. The number of likely N-dealkylation sites (tertiary alicyclic amines) is 1. The first kappa shape index (κ1) is 18.8. The third-order valence-corrected chi connectivity index (χ3v) is 3.89. The van der Waals surface area contributed by atoms with Crippen LogP contribution in [-0.2, 0) is 6.54 Å². The van der Waals surface area contributed by atoms with Crippen LogP contribution in [0.1, 0.15) is 22.9 Å². The standard InChI is InChI=1S/C16H20N4.2ClH/c1-12-7-19-14(8-18-12)9-20-10-15(16(17)11-20)13-5-3-2-4-6-13;;/h2-8,15-16H,9-11,17H2,1H3;2*1H/t15-,16+;;/m0../s1. The van der Waals surface area contributed by atoms with Crippen molar-refractivity contribution in [3.63, 3.8) is 0 Å². The second kappa shape index (κ2) is 8.44. The molecule has 1 aromatic carbocycles. The Hall–Kier alpha value is -1.20. The van der Waals surface area contributed by atoms with Crippen LogP contribution in [0.3, 0.4) is 0 Å². The minimum absolute atomic E-state index is 0. The first-order valence-electron chi connectivity index (χ1n) is 7.03. The Morgan fingerprint density at radius 3 is 2.45 bits per heavy atom. The highest BCUT2D eigenvalue weighted by Gasteiger charge is 2.31. The molecule has 1 aliphatic rings. The second-order valence-corrected chi connectivity index (χ2v) is 5.52. The molecular formula is C16H22Cl2N4. The third-order valence-electron chi connectivity index (χ3n) is 3.89. The van der Waals surface area contributed by atoms with Crippen LogP contribution in [0.4, 0.5) is 0 Å². The van der Waals surface area contributed by atoms with Crippen molar-refractivity contribution in [3.05, 3.63) is 59.7 Å². The van der Waals surface area contributed by atoms with Gasteiger partial charge in [-0.1, -0.05) is 30.3 Å². The number of aryl methyl sites for hydroxylation is 1. The van der Waals surface area contributed by atoms with Crippen molar-refractivity contribution in [2.45, 2.75) is 25.4 Å². The lowest BCUT2D eigenvalue weighted by molar-refractivity contribution is 0.319. The summed E-state index contributed by atoms with van der Waals surface area (Å²) < 4.78 is 0. The van der Waals surface area contributed by atoms with Gasteiger partial charge in [0.1, 0.15) is 0 Å². The normalized spacial score (nSPS) is 21.0. The van der Waals surface area contributed by atoms with Crippen molar-refractivity contribution in [1.29, 1.82) is 0 Å². The third kappa shape index (κ3) is 4.40. The lowest BCUT2D eigenvalue weighted by Crippen LogP contribution is -2.28. The Bertz CT molecular complexity index is 562. The van der Waals surface area contributed by atoms with E-state index in [-0.39, 0.29) is 30.9 Å². The molecule has 3 rings (SSSR count). The maximum atomic E-state index is 6.30. The molecule has 6 heteroatoms. The van der Waals surface area contributed by atoms with E-state index in [1.165, 1.54) is 5.56 Å². The Morgan fingerprint density at radius 2 is 1.82 bits per heavy atom. The SMILES string of the molecule is Cc1cnc(CN2C[C@@H](N)[C@H](c3ccccc3)C2)cn1.Cl.Cl. The molecule has 0 spiro atoms. The van der Waals surface area contributed by atoms with Crippen LogP contribution in [-0.4, -0.2) is 34.0 Å². The maximum absolute atomic E-state index is 6.30. The van der Waals surface area contributed by atoms with E-state index < -0.39 is 0 Å². The molecule has 1 saturated heterocycles. The number of nitrogens with zero attached hydrogens (tertiary/aromatic N) is 3. The van der Waals surface area contributed by atoms with Crippen molar-refractivity contribution in [1.82, 2.24) is 14.9 Å². The Labute approximate surface area is 144 Å². The van der Waals surface area contributed by atoms with Crippen LogP contribution in [0.25, 0.3) is 0 Å². The molecule has 2 N–H and O–H groups in total. The molecule has 4 nitrogen and oxygen atoms in total. The summed E-state index contributed by atoms with van der Waals surface area (Å²) >= 11 is 0. The molecule has 2 heterocycles. The van der Waals surface area contributed by atoms with Crippen LogP contribution in [0.15, 0.2) is 42.7 Å². The molecule has 2 atom stereocenters. The van der Waals surface area contributed by atoms with Gasteiger partial charge in [-0.05, 0) is 12.5 Å². The van der Waals surface area contributed by atoms with E-state index in [1.807, 2.05) is 25.4 Å². The second-order valence-electron chi connectivity index (χ2n) is 5.52. The molecule has 1 aliphatic heterocycles. The molecule has 22 heavy (non-hydrogen) atoms. The highest BCUT2D eigenvalue weighted by Crippen LogP contribution is 2.26. The van der Waals surface area contributed by atoms with Crippen LogP contribution in [0, 0.1) is 6.92 Å². The van der Waals surface area contributed by atoms with Gasteiger partial charge >= 0.3 is 0 Å². The minimum Gasteiger partial charge on any atom is -0.326 e. The predicted molar refractivity (Wildman–Crippen MR) is 93.7 cm³/mol. The monoisotopic (exact) mass is 340 g/mol. The number of rotatable bonds is 3. The number of aromatic nitrogens is 2. The number of halogens is 2. The van der Waals surface area contributed by atoms with E-state index in [0.717, 1.165) is 31.0 Å². The summed E-state index contributed by atoms with van der Waals surface area (Å²) in [5, 5.41) is 0. The van der Waals surface area contributed by atoms with Gasteiger partial charge in [0.05, 0.1) is 11.4 Å². The highest BCUT2D eigenvalue weighted by atomic mass is 35.5. The zero-order chi connectivity index (χ0) is 13.9. The quantitative estimate of drug-likeness (QED) is 0.932. The van der Waals surface area contributed by atoms with Gasteiger partial charge in [0.15, 0.2) is 0 Å². The highest BCUT2D eigenvalue weighted by molar-refractivity contribution is 5.85. The Balaban J connectivity index is 0.00000121. The lowest BCUT2D eigenvalue weighted by Gasteiger charge is -2.15. The van der Waals surface area contributed by atoms with Gasteiger partial charge < -0.3 is 5.73 Å². The maximum Gasteiger partial charge on any atom is 0.0727 e. The molecule has 0 radical (unpaired) electrons. The zero-order valence-corrected chi connectivity index (χ0v) is 14.2. The summed E-state index contributed by atoms with van der Waals surface area (Å²) in [6.45, 7) is 4.67. The van der Waals surface area contributed by atoms with Gasteiger partial charge in [0.25, 0.3) is 0 Å². The van der Waals surface area contributed by atoms with Crippen molar-refractivity contribution >= 4 is 24.8 Å². The Morgan fingerprint density at radius 1 is 1.09 bits per heavy atom. The van der Waals surface area contributed by atoms with Crippen LogP contribution in [0.2, 0.25) is 0 Å². The van der Waals surface area contributed by atoms with Crippen molar-refractivity contribution in [2.24, 2.45) is 5.73 Å². The predicted octanol–water partition coefficient (Wildman–Crippen LogP) is 2.56. The fourth-order valence-electron chi connectivity index (χ4n) is 2.83. The molecule has 1 aromatic heterocycles. The van der Waals surface area contributed by atoms with Gasteiger partial charge in [0.2, 0.25) is 0 Å². The molecule has 0 saturated carbocycles. The smallest absolute Gasteiger partial charge is 0.0727 e. The zero-order valence-electron chi connectivity index (χ0n) is 12.6. The van der Waals surface area contributed by atoms with E-state index in [0.29, 0.717) is 5.92 Å². The molecule has 2 aromatic rings. The summed E-state index contributed by atoms with van der Waals surface area (Å²) in [5.74, 6) is 0.412. The number of hydrogen-bond donors (Lipinski definition) is 1. The summed E-state index contributed by atoms with van der Waals surface area (Å²) in [6.07, 6.45) is 3.68. The van der Waals surface area contributed by atoms with Crippen LogP contribution in [0.5, 0.6) is 0 Å². The largest absolute Gasteiger partial charge is 0.326 e. The van der Waals surface area contributed by atoms with Crippen molar-refractivity contribution < 1.29 is 0 Å². The number of nitrogens with two attached hydrogens (primary N) is 1.